The average molecular weight is 213 g/mol. The summed E-state index contributed by atoms with van der Waals surface area (Å²) in [4.78, 5) is 11.0. The highest BCUT2D eigenvalue weighted by atomic mass is 16.1. The van der Waals surface area contributed by atoms with Gasteiger partial charge in [-0.3, -0.25) is 4.79 Å². The standard InChI is InChI=1S/C14H15NO/c16-10-11-9-15(12-5-1-2-6-12)14-8-4-3-7-13(11)14/h3-4,7-10,12H,1-2,5-6H2. The number of para-hydroxylation sites is 1. The first-order valence-electron chi connectivity index (χ1n) is 5.95. The molecule has 0 saturated heterocycles. The van der Waals surface area contributed by atoms with E-state index in [1.54, 1.807) is 0 Å². The van der Waals surface area contributed by atoms with Crippen molar-refractivity contribution < 1.29 is 4.79 Å². The van der Waals surface area contributed by atoms with Crippen LogP contribution < -0.4 is 0 Å². The molecule has 1 aromatic heterocycles. The molecule has 0 amide bonds. The van der Waals surface area contributed by atoms with Crippen molar-refractivity contribution in [1.82, 2.24) is 4.57 Å². The molecule has 2 heteroatoms. The Labute approximate surface area is 94.9 Å². The predicted octanol–water partition coefficient (Wildman–Crippen LogP) is 3.57. The van der Waals surface area contributed by atoms with E-state index in [-0.39, 0.29) is 0 Å². The van der Waals surface area contributed by atoms with Crippen LogP contribution in [-0.2, 0) is 0 Å². The highest BCUT2D eigenvalue weighted by molar-refractivity contribution is 5.97. The molecule has 0 spiro atoms. The first-order chi connectivity index (χ1) is 7.90. The van der Waals surface area contributed by atoms with Gasteiger partial charge in [0.25, 0.3) is 0 Å². The Balaban J connectivity index is 2.20. The maximum atomic E-state index is 11.0. The van der Waals surface area contributed by atoms with E-state index in [1.165, 1.54) is 31.2 Å². The molecule has 0 N–H and O–H groups in total. The van der Waals surface area contributed by atoms with Gasteiger partial charge in [-0.2, -0.15) is 0 Å². The molecule has 1 aromatic carbocycles. The minimum Gasteiger partial charge on any atom is -0.344 e. The summed E-state index contributed by atoms with van der Waals surface area (Å²) in [5.41, 5.74) is 2.03. The van der Waals surface area contributed by atoms with Gasteiger partial charge in [0.15, 0.2) is 6.29 Å². The van der Waals surface area contributed by atoms with Crippen molar-refractivity contribution in [2.75, 3.05) is 0 Å². The fraction of sp³-hybridized carbons (Fsp3) is 0.357. The molecular weight excluding hydrogens is 198 g/mol. The molecule has 0 radical (unpaired) electrons. The van der Waals surface area contributed by atoms with E-state index < -0.39 is 0 Å². The summed E-state index contributed by atoms with van der Waals surface area (Å²) in [5.74, 6) is 0. The number of carbonyl (C=O) groups excluding carboxylic acids is 1. The number of aromatic nitrogens is 1. The highest BCUT2D eigenvalue weighted by Gasteiger charge is 2.19. The third-order valence-electron chi connectivity index (χ3n) is 3.62. The highest BCUT2D eigenvalue weighted by Crippen LogP contribution is 2.33. The third-order valence-corrected chi connectivity index (χ3v) is 3.62. The summed E-state index contributed by atoms with van der Waals surface area (Å²) in [6.45, 7) is 0. The molecular formula is C14H15NO. The Hall–Kier alpha value is -1.57. The summed E-state index contributed by atoms with van der Waals surface area (Å²) >= 11 is 0. The normalized spacial score (nSPS) is 17.0. The summed E-state index contributed by atoms with van der Waals surface area (Å²) in [5, 5.41) is 1.09. The van der Waals surface area contributed by atoms with E-state index >= 15 is 0 Å². The van der Waals surface area contributed by atoms with Crippen molar-refractivity contribution in [2.24, 2.45) is 0 Å². The minimum atomic E-state index is 0.596. The Kier molecular flexibility index (Phi) is 2.28. The maximum Gasteiger partial charge on any atom is 0.152 e. The van der Waals surface area contributed by atoms with Crippen LogP contribution in [0.3, 0.4) is 0 Å². The maximum absolute atomic E-state index is 11.0. The lowest BCUT2D eigenvalue weighted by molar-refractivity contribution is 0.112. The van der Waals surface area contributed by atoms with Crippen molar-refractivity contribution in [3.05, 3.63) is 36.0 Å². The molecule has 2 aromatic rings. The lowest BCUT2D eigenvalue weighted by Crippen LogP contribution is -2.02. The fourth-order valence-corrected chi connectivity index (χ4v) is 2.81. The first-order valence-corrected chi connectivity index (χ1v) is 5.95. The number of fused-ring (bicyclic) bond motifs is 1. The van der Waals surface area contributed by atoms with E-state index in [0.29, 0.717) is 6.04 Å². The quantitative estimate of drug-likeness (QED) is 0.699. The minimum absolute atomic E-state index is 0.596. The molecule has 82 valence electrons. The molecule has 1 aliphatic rings. The van der Waals surface area contributed by atoms with Crippen molar-refractivity contribution in [2.45, 2.75) is 31.7 Å². The van der Waals surface area contributed by atoms with Crippen LogP contribution in [-0.4, -0.2) is 10.9 Å². The van der Waals surface area contributed by atoms with E-state index in [2.05, 4.69) is 10.6 Å². The zero-order valence-corrected chi connectivity index (χ0v) is 9.23. The molecule has 1 fully saturated rings. The van der Waals surface area contributed by atoms with Gasteiger partial charge in [-0.15, -0.1) is 0 Å². The predicted molar refractivity (Wildman–Crippen MR) is 64.8 cm³/mol. The van der Waals surface area contributed by atoms with Gasteiger partial charge in [0.1, 0.15) is 0 Å². The third kappa shape index (κ3) is 1.37. The molecule has 1 heterocycles. The number of aldehydes is 1. The Morgan fingerprint density at radius 1 is 1.19 bits per heavy atom. The van der Waals surface area contributed by atoms with E-state index in [4.69, 9.17) is 0 Å². The molecule has 0 unspecified atom stereocenters. The largest absolute Gasteiger partial charge is 0.344 e. The molecule has 1 saturated carbocycles. The number of carbonyl (C=O) groups is 1. The Morgan fingerprint density at radius 2 is 1.94 bits per heavy atom. The van der Waals surface area contributed by atoms with Crippen molar-refractivity contribution >= 4 is 17.2 Å². The van der Waals surface area contributed by atoms with Gasteiger partial charge in [0, 0.05) is 28.7 Å². The molecule has 3 rings (SSSR count). The van der Waals surface area contributed by atoms with E-state index in [0.717, 1.165) is 17.2 Å². The topological polar surface area (TPSA) is 22.0 Å². The SMILES string of the molecule is O=Cc1cn(C2CCCC2)c2ccccc12. The summed E-state index contributed by atoms with van der Waals surface area (Å²) < 4.78 is 2.30. The van der Waals surface area contributed by atoms with Crippen molar-refractivity contribution in [1.29, 1.82) is 0 Å². The van der Waals surface area contributed by atoms with Crippen LogP contribution in [0, 0.1) is 0 Å². The average Bonchev–Trinajstić information content (AvgIpc) is 2.95. The Morgan fingerprint density at radius 3 is 2.69 bits per heavy atom. The number of nitrogens with zero attached hydrogens (tertiary/aromatic N) is 1. The number of hydrogen-bond donors (Lipinski definition) is 0. The van der Waals surface area contributed by atoms with E-state index in [1.807, 2.05) is 24.4 Å². The molecule has 0 aliphatic heterocycles. The van der Waals surface area contributed by atoms with Gasteiger partial charge in [0.2, 0.25) is 0 Å². The zero-order chi connectivity index (χ0) is 11.0. The van der Waals surface area contributed by atoms with Gasteiger partial charge < -0.3 is 4.57 Å². The lowest BCUT2D eigenvalue weighted by atomic mass is 10.2. The zero-order valence-electron chi connectivity index (χ0n) is 9.23. The van der Waals surface area contributed by atoms with Gasteiger partial charge in [-0.05, 0) is 18.9 Å². The second-order valence-electron chi connectivity index (χ2n) is 4.56. The number of hydrogen-bond acceptors (Lipinski definition) is 1. The second-order valence-corrected chi connectivity index (χ2v) is 4.56. The van der Waals surface area contributed by atoms with Crippen LogP contribution in [0.5, 0.6) is 0 Å². The van der Waals surface area contributed by atoms with E-state index in [9.17, 15) is 4.79 Å². The lowest BCUT2D eigenvalue weighted by Gasteiger charge is -2.12. The van der Waals surface area contributed by atoms with Crippen molar-refractivity contribution in [3.63, 3.8) is 0 Å². The summed E-state index contributed by atoms with van der Waals surface area (Å²) in [6, 6.07) is 8.78. The van der Waals surface area contributed by atoms with Gasteiger partial charge >= 0.3 is 0 Å². The number of rotatable bonds is 2. The van der Waals surface area contributed by atoms with Crippen LogP contribution in [0.4, 0.5) is 0 Å². The molecule has 0 bridgehead atoms. The molecule has 2 nitrogen and oxygen atoms in total. The molecule has 0 atom stereocenters. The van der Waals surface area contributed by atoms with Crippen molar-refractivity contribution in [3.8, 4) is 0 Å². The number of benzene rings is 1. The summed E-state index contributed by atoms with van der Waals surface area (Å²) in [7, 11) is 0. The van der Waals surface area contributed by atoms with Gasteiger partial charge in [-0.25, -0.2) is 0 Å². The van der Waals surface area contributed by atoms with Crippen LogP contribution >= 0.6 is 0 Å². The monoisotopic (exact) mass is 213 g/mol. The first kappa shape index (κ1) is 9.64. The molecule has 16 heavy (non-hydrogen) atoms. The van der Waals surface area contributed by atoms with Gasteiger partial charge in [-0.1, -0.05) is 31.0 Å². The van der Waals surface area contributed by atoms with Crippen LogP contribution in [0.25, 0.3) is 10.9 Å². The van der Waals surface area contributed by atoms with Crippen LogP contribution in [0.15, 0.2) is 30.5 Å². The van der Waals surface area contributed by atoms with Crippen LogP contribution in [0.2, 0.25) is 0 Å². The Bertz CT molecular complexity index is 521. The molecule has 1 aliphatic carbocycles. The van der Waals surface area contributed by atoms with Crippen LogP contribution in [0.1, 0.15) is 42.1 Å². The smallest absolute Gasteiger partial charge is 0.152 e. The van der Waals surface area contributed by atoms with Gasteiger partial charge in [0.05, 0.1) is 0 Å². The fourth-order valence-electron chi connectivity index (χ4n) is 2.81. The second kappa shape index (κ2) is 3.78. The summed E-state index contributed by atoms with van der Waals surface area (Å²) in [6.07, 6.45) is 8.11.